The van der Waals surface area contributed by atoms with Gasteiger partial charge in [-0.05, 0) is 24.7 Å². The van der Waals surface area contributed by atoms with E-state index >= 15 is 0 Å². The van der Waals surface area contributed by atoms with Crippen LogP contribution in [0, 0.1) is 0 Å². The Hall–Kier alpha value is -1.83. The van der Waals surface area contributed by atoms with Crippen LogP contribution in [0.15, 0.2) is 47.8 Å². The van der Waals surface area contributed by atoms with Crippen LogP contribution in [-0.2, 0) is 23.1 Å². The molecule has 0 amide bonds. The number of hydrogen-bond acceptors (Lipinski definition) is 5. The zero-order valence-corrected chi connectivity index (χ0v) is 11.9. The number of aromatic nitrogens is 2. The van der Waals surface area contributed by atoms with Gasteiger partial charge in [0.05, 0.1) is 17.1 Å². The molecule has 0 spiro atoms. The summed E-state index contributed by atoms with van der Waals surface area (Å²) in [6, 6.07) is 8.57. The molecule has 7 heteroatoms. The van der Waals surface area contributed by atoms with E-state index in [-0.39, 0.29) is 11.4 Å². The van der Waals surface area contributed by atoms with Gasteiger partial charge in [-0.1, -0.05) is 18.2 Å². The van der Waals surface area contributed by atoms with E-state index in [1.54, 1.807) is 37.5 Å². The maximum Gasteiger partial charge on any atom is 0.241 e. The van der Waals surface area contributed by atoms with E-state index in [1.807, 2.05) is 6.07 Å². The topological polar surface area (TPSA) is 84.0 Å². The van der Waals surface area contributed by atoms with Crippen molar-refractivity contribution in [1.82, 2.24) is 20.0 Å². The first-order valence-electron chi connectivity index (χ1n) is 6.10. The molecule has 106 valence electrons. The summed E-state index contributed by atoms with van der Waals surface area (Å²) >= 11 is 0. The van der Waals surface area contributed by atoms with Crippen LogP contribution in [0.1, 0.15) is 11.3 Å². The second-order valence-corrected chi connectivity index (χ2v) is 5.90. The number of benzene rings is 1. The molecule has 6 nitrogen and oxygen atoms in total. The van der Waals surface area contributed by atoms with Crippen molar-refractivity contribution in [3.05, 3.63) is 54.1 Å². The number of rotatable bonds is 6. The zero-order chi connectivity index (χ0) is 14.4. The van der Waals surface area contributed by atoms with Gasteiger partial charge in [0.25, 0.3) is 0 Å². The molecule has 2 N–H and O–H groups in total. The third kappa shape index (κ3) is 3.60. The van der Waals surface area contributed by atoms with Gasteiger partial charge in [-0.25, -0.2) is 23.1 Å². The smallest absolute Gasteiger partial charge is 0.241 e. The first-order valence-corrected chi connectivity index (χ1v) is 7.59. The lowest BCUT2D eigenvalue weighted by Crippen LogP contribution is -2.25. The monoisotopic (exact) mass is 292 g/mol. The van der Waals surface area contributed by atoms with Crippen LogP contribution in [0.4, 0.5) is 0 Å². The predicted molar refractivity (Wildman–Crippen MR) is 75.3 cm³/mol. The van der Waals surface area contributed by atoms with E-state index < -0.39 is 10.0 Å². The van der Waals surface area contributed by atoms with E-state index in [4.69, 9.17) is 0 Å². The summed E-state index contributed by atoms with van der Waals surface area (Å²) in [5.41, 5.74) is 1.35. The fourth-order valence-corrected chi connectivity index (χ4v) is 3.01. The molecule has 20 heavy (non-hydrogen) atoms. The van der Waals surface area contributed by atoms with E-state index in [0.717, 1.165) is 5.56 Å². The first kappa shape index (κ1) is 14.6. The minimum atomic E-state index is -3.56. The summed E-state index contributed by atoms with van der Waals surface area (Å²) in [5.74, 6) is 0. The highest BCUT2D eigenvalue weighted by Crippen LogP contribution is 2.15. The molecule has 0 fully saturated rings. The Morgan fingerprint density at radius 1 is 1.15 bits per heavy atom. The molecule has 1 aromatic carbocycles. The molecule has 0 bridgehead atoms. The van der Waals surface area contributed by atoms with Crippen molar-refractivity contribution in [3.8, 4) is 0 Å². The van der Waals surface area contributed by atoms with Crippen molar-refractivity contribution in [2.24, 2.45) is 0 Å². The fraction of sp³-hybridized carbons (Fsp3) is 0.231. The van der Waals surface area contributed by atoms with Gasteiger partial charge < -0.3 is 5.32 Å². The Bertz CT molecular complexity index is 659. The number of sulfonamides is 1. The highest BCUT2D eigenvalue weighted by molar-refractivity contribution is 7.89. The van der Waals surface area contributed by atoms with Crippen LogP contribution < -0.4 is 10.0 Å². The highest BCUT2D eigenvalue weighted by Gasteiger charge is 2.17. The maximum atomic E-state index is 12.3. The molecule has 0 atom stereocenters. The van der Waals surface area contributed by atoms with Crippen molar-refractivity contribution >= 4 is 10.0 Å². The van der Waals surface area contributed by atoms with Crippen LogP contribution in [0.5, 0.6) is 0 Å². The summed E-state index contributed by atoms with van der Waals surface area (Å²) < 4.78 is 27.2. The Balaban J connectivity index is 2.18. The van der Waals surface area contributed by atoms with Gasteiger partial charge in [-0.3, -0.25) is 0 Å². The minimum absolute atomic E-state index is 0.138. The quantitative estimate of drug-likeness (QED) is 0.817. The van der Waals surface area contributed by atoms with Crippen LogP contribution in [0.25, 0.3) is 0 Å². The lowest BCUT2D eigenvalue weighted by atomic mass is 10.2. The molecular weight excluding hydrogens is 276 g/mol. The average Bonchev–Trinajstić information content (AvgIpc) is 2.47. The molecule has 0 radical (unpaired) electrons. The molecule has 0 aliphatic carbocycles. The Labute approximate surface area is 118 Å². The number of nitrogens with one attached hydrogen (secondary N) is 2. The third-order valence-electron chi connectivity index (χ3n) is 2.72. The highest BCUT2D eigenvalue weighted by atomic mass is 32.2. The summed E-state index contributed by atoms with van der Waals surface area (Å²) in [4.78, 5) is 8.05. The van der Waals surface area contributed by atoms with Crippen LogP contribution >= 0.6 is 0 Å². The molecule has 0 saturated carbocycles. The van der Waals surface area contributed by atoms with Crippen molar-refractivity contribution in [3.63, 3.8) is 0 Å². The number of hydrogen-bond donors (Lipinski definition) is 2. The molecular formula is C13H16N4O2S. The van der Waals surface area contributed by atoms with Gasteiger partial charge in [-0.15, -0.1) is 0 Å². The van der Waals surface area contributed by atoms with Crippen molar-refractivity contribution in [1.29, 1.82) is 0 Å². The van der Waals surface area contributed by atoms with Crippen LogP contribution in [-0.4, -0.2) is 25.4 Å². The Kier molecular flexibility index (Phi) is 4.78. The fourth-order valence-electron chi connectivity index (χ4n) is 1.77. The summed E-state index contributed by atoms with van der Waals surface area (Å²) in [6.45, 7) is 0.628. The van der Waals surface area contributed by atoms with Crippen LogP contribution in [0.3, 0.4) is 0 Å². The predicted octanol–water partition coefficient (Wildman–Crippen LogP) is 0.674. The zero-order valence-electron chi connectivity index (χ0n) is 11.1. The van der Waals surface area contributed by atoms with Gasteiger partial charge in [0, 0.05) is 12.7 Å². The molecule has 0 unspecified atom stereocenters. The van der Waals surface area contributed by atoms with E-state index in [9.17, 15) is 8.42 Å². The second kappa shape index (κ2) is 6.56. The van der Waals surface area contributed by atoms with Crippen molar-refractivity contribution < 1.29 is 8.42 Å². The summed E-state index contributed by atoms with van der Waals surface area (Å²) in [6.07, 6.45) is 2.96. The van der Waals surface area contributed by atoms with E-state index in [2.05, 4.69) is 20.0 Å². The van der Waals surface area contributed by atoms with E-state index in [1.165, 1.54) is 6.33 Å². The van der Waals surface area contributed by atoms with E-state index in [0.29, 0.717) is 12.2 Å². The molecule has 1 aromatic heterocycles. The van der Waals surface area contributed by atoms with Gasteiger partial charge in [-0.2, -0.15) is 0 Å². The lowest BCUT2D eigenvalue weighted by molar-refractivity contribution is 0.578. The molecule has 0 aliphatic rings. The third-order valence-corrected chi connectivity index (χ3v) is 4.22. The largest absolute Gasteiger partial charge is 0.316 e. The molecule has 2 rings (SSSR count). The molecule has 1 heterocycles. The lowest BCUT2D eigenvalue weighted by Gasteiger charge is -2.11. The average molecular weight is 292 g/mol. The molecule has 2 aromatic rings. The first-order chi connectivity index (χ1) is 9.63. The van der Waals surface area contributed by atoms with Gasteiger partial charge in [0.1, 0.15) is 6.33 Å². The Morgan fingerprint density at radius 3 is 2.65 bits per heavy atom. The normalized spacial score (nSPS) is 11.4. The van der Waals surface area contributed by atoms with Gasteiger partial charge in [0.15, 0.2) is 0 Å². The molecule has 0 aliphatic heterocycles. The minimum Gasteiger partial charge on any atom is -0.316 e. The van der Waals surface area contributed by atoms with Crippen LogP contribution in [0.2, 0.25) is 0 Å². The maximum absolute atomic E-state index is 12.3. The van der Waals surface area contributed by atoms with Gasteiger partial charge >= 0.3 is 0 Å². The molecule has 0 saturated heterocycles. The SMILES string of the molecule is CNCc1ccccc1S(=O)(=O)NCc1ccncn1. The van der Waals surface area contributed by atoms with Crippen molar-refractivity contribution in [2.45, 2.75) is 18.0 Å². The van der Waals surface area contributed by atoms with Gasteiger partial charge in [0.2, 0.25) is 10.0 Å². The summed E-state index contributed by atoms with van der Waals surface area (Å²) in [7, 11) is -1.79. The second-order valence-electron chi connectivity index (χ2n) is 4.16. The summed E-state index contributed by atoms with van der Waals surface area (Å²) in [5, 5.41) is 2.96. The number of nitrogens with zero attached hydrogens (tertiary/aromatic N) is 2. The Morgan fingerprint density at radius 2 is 1.95 bits per heavy atom. The standard InChI is InChI=1S/C13H16N4O2S/c1-14-8-11-4-2-3-5-13(11)20(18,19)17-9-12-6-7-15-10-16-12/h2-7,10,14,17H,8-9H2,1H3. The van der Waals surface area contributed by atoms with Crippen molar-refractivity contribution in [2.75, 3.05) is 7.05 Å².